The Balaban J connectivity index is 2.77. The van der Waals surface area contributed by atoms with Crippen LogP contribution in [0, 0.1) is 5.82 Å². The molecule has 1 aromatic rings. The summed E-state index contributed by atoms with van der Waals surface area (Å²) in [5.74, 6) is -1.34. The van der Waals surface area contributed by atoms with E-state index in [-0.39, 0.29) is 30.3 Å². The Morgan fingerprint density at radius 3 is 2.43 bits per heavy atom. The van der Waals surface area contributed by atoms with Gasteiger partial charge in [-0.1, -0.05) is 18.2 Å². The monoisotopic (exact) mass is 324 g/mol. The number of amides is 1. The molecule has 0 aromatic heterocycles. The lowest BCUT2D eigenvalue weighted by atomic mass is 9.92. The molecule has 0 aliphatic heterocycles. The van der Waals surface area contributed by atoms with Crippen molar-refractivity contribution >= 4 is 11.9 Å². The van der Waals surface area contributed by atoms with Gasteiger partial charge in [0.2, 0.25) is 5.91 Å². The first kappa shape index (κ1) is 19.1. The van der Waals surface area contributed by atoms with E-state index in [9.17, 15) is 14.0 Å². The van der Waals surface area contributed by atoms with E-state index in [2.05, 4.69) is 5.32 Å². The summed E-state index contributed by atoms with van der Waals surface area (Å²) in [6.45, 7) is 5.08. The largest absolute Gasteiger partial charge is 0.461 e. The smallest absolute Gasteiger partial charge is 0.328 e. The Kier molecular flexibility index (Phi) is 7.68. The standard InChI is InChI=1S/C17H25FN2O3/c1-11(2)23-17(22)16(20-12(3)21)9-8-13(10-19)14-6-4-5-7-15(14)18/h4-7,11,13,16H,8-10,19H2,1-3H3,(H,20,21). The van der Waals surface area contributed by atoms with Gasteiger partial charge in [-0.2, -0.15) is 0 Å². The molecule has 0 bridgehead atoms. The molecule has 2 atom stereocenters. The molecule has 0 aliphatic rings. The second-order valence-electron chi connectivity index (χ2n) is 5.77. The molecule has 1 rings (SSSR count). The number of hydrogen-bond acceptors (Lipinski definition) is 4. The molecule has 1 amide bonds. The number of nitrogens with two attached hydrogens (primary N) is 1. The van der Waals surface area contributed by atoms with Crippen molar-refractivity contribution in [3.63, 3.8) is 0 Å². The zero-order valence-corrected chi connectivity index (χ0v) is 13.8. The highest BCUT2D eigenvalue weighted by molar-refractivity contribution is 5.83. The van der Waals surface area contributed by atoms with Crippen LogP contribution in [0.5, 0.6) is 0 Å². The average Bonchev–Trinajstić information content (AvgIpc) is 2.47. The van der Waals surface area contributed by atoms with Crippen LogP contribution in [-0.4, -0.2) is 30.6 Å². The fourth-order valence-electron chi connectivity index (χ4n) is 2.38. The molecular formula is C17H25FN2O3. The maximum absolute atomic E-state index is 13.9. The summed E-state index contributed by atoms with van der Waals surface area (Å²) in [5, 5.41) is 2.58. The molecule has 0 saturated heterocycles. The van der Waals surface area contributed by atoms with Gasteiger partial charge in [0.05, 0.1) is 6.10 Å². The minimum absolute atomic E-state index is 0.223. The first-order chi connectivity index (χ1) is 10.8. The van der Waals surface area contributed by atoms with Gasteiger partial charge in [0.1, 0.15) is 11.9 Å². The first-order valence-corrected chi connectivity index (χ1v) is 7.77. The summed E-state index contributed by atoms with van der Waals surface area (Å²) in [7, 11) is 0. The summed E-state index contributed by atoms with van der Waals surface area (Å²) < 4.78 is 19.0. The molecule has 0 aliphatic carbocycles. The van der Waals surface area contributed by atoms with Crippen LogP contribution < -0.4 is 11.1 Å². The molecule has 0 fully saturated rings. The van der Waals surface area contributed by atoms with Crippen LogP contribution in [-0.2, 0) is 14.3 Å². The van der Waals surface area contributed by atoms with Crippen LogP contribution in [0.3, 0.4) is 0 Å². The van der Waals surface area contributed by atoms with Crippen LogP contribution in [0.2, 0.25) is 0 Å². The third-order valence-corrected chi connectivity index (χ3v) is 3.45. The van der Waals surface area contributed by atoms with Gasteiger partial charge in [-0.25, -0.2) is 9.18 Å². The number of carbonyl (C=O) groups is 2. The number of hydrogen-bond donors (Lipinski definition) is 2. The van der Waals surface area contributed by atoms with Crippen LogP contribution in [0.1, 0.15) is 45.1 Å². The lowest BCUT2D eigenvalue weighted by molar-refractivity contribution is -0.151. The fraction of sp³-hybridized carbons (Fsp3) is 0.529. The number of esters is 1. The number of halogens is 1. The molecule has 0 heterocycles. The summed E-state index contributed by atoms with van der Waals surface area (Å²) >= 11 is 0. The minimum Gasteiger partial charge on any atom is -0.461 e. The Bertz CT molecular complexity index is 534. The van der Waals surface area contributed by atoms with Crippen molar-refractivity contribution in [2.75, 3.05) is 6.54 Å². The first-order valence-electron chi connectivity index (χ1n) is 7.77. The normalized spacial score (nSPS) is 13.5. The molecule has 23 heavy (non-hydrogen) atoms. The van der Waals surface area contributed by atoms with E-state index in [0.29, 0.717) is 18.4 Å². The third-order valence-electron chi connectivity index (χ3n) is 3.45. The van der Waals surface area contributed by atoms with Gasteiger partial charge in [0.15, 0.2) is 0 Å². The van der Waals surface area contributed by atoms with E-state index in [1.54, 1.807) is 32.0 Å². The quantitative estimate of drug-likeness (QED) is 0.718. The Morgan fingerprint density at radius 1 is 1.26 bits per heavy atom. The Labute approximate surface area is 136 Å². The highest BCUT2D eigenvalue weighted by Crippen LogP contribution is 2.23. The minimum atomic E-state index is -0.754. The number of carbonyl (C=O) groups excluding carboxylic acids is 2. The van der Waals surface area contributed by atoms with Gasteiger partial charge in [-0.15, -0.1) is 0 Å². The molecule has 0 radical (unpaired) electrons. The molecule has 2 unspecified atom stereocenters. The number of ether oxygens (including phenoxy) is 1. The molecule has 1 aromatic carbocycles. The van der Waals surface area contributed by atoms with Gasteiger partial charge < -0.3 is 15.8 Å². The van der Waals surface area contributed by atoms with Crippen molar-refractivity contribution in [2.24, 2.45) is 5.73 Å². The summed E-state index contributed by atoms with van der Waals surface area (Å²) in [5.41, 5.74) is 6.27. The number of nitrogens with one attached hydrogen (secondary N) is 1. The molecule has 5 nitrogen and oxygen atoms in total. The van der Waals surface area contributed by atoms with Gasteiger partial charge in [-0.05, 0) is 50.8 Å². The van der Waals surface area contributed by atoms with Crippen molar-refractivity contribution in [1.82, 2.24) is 5.32 Å². The summed E-state index contributed by atoms with van der Waals surface area (Å²) in [6, 6.07) is 5.69. The maximum Gasteiger partial charge on any atom is 0.328 e. The third kappa shape index (κ3) is 6.36. The van der Waals surface area contributed by atoms with Crippen molar-refractivity contribution in [1.29, 1.82) is 0 Å². The van der Waals surface area contributed by atoms with Gasteiger partial charge in [0, 0.05) is 6.92 Å². The van der Waals surface area contributed by atoms with E-state index in [4.69, 9.17) is 10.5 Å². The summed E-state index contributed by atoms with van der Waals surface area (Å²) in [6.07, 6.45) is 0.535. The Morgan fingerprint density at radius 2 is 1.91 bits per heavy atom. The molecule has 6 heteroatoms. The predicted molar refractivity (Wildman–Crippen MR) is 86.3 cm³/mol. The average molecular weight is 324 g/mol. The van der Waals surface area contributed by atoms with E-state index in [1.807, 2.05) is 0 Å². The number of rotatable bonds is 8. The maximum atomic E-state index is 13.9. The van der Waals surface area contributed by atoms with E-state index < -0.39 is 12.0 Å². The van der Waals surface area contributed by atoms with Gasteiger partial charge in [0.25, 0.3) is 0 Å². The van der Waals surface area contributed by atoms with Crippen LogP contribution >= 0.6 is 0 Å². The molecule has 128 valence electrons. The second kappa shape index (κ2) is 9.25. The number of benzene rings is 1. The predicted octanol–water partition coefficient (Wildman–Crippen LogP) is 2.10. The van der Waals surface area contributed by atoms with E-state index in [0.717, 1.165) is 0 Å². The SMILES string of the molecule is CC(=O)NC(CCC(CN)c1ccccc1F)C(=O)OC(C)C. The zero-order chi connectivity index (χ0) is 17.4. The van der Waals surface area contributed by atoms with E-state index in [1.165, 1.54) is 13.0 Å². The fourth-order valence-corrected chi connectivity index (χ4v) is 2.38. The highest BCUT2D eigenvalue weighted by atomic mass is 19.1. The van der Waals surface area contributed by atoms with E-state index >= 15 is 0 Å². The summed E-state index contributed by atoms with van der Waals surface area (Å²) in [4.78, 5) is 23.3. The van der Waals surface area contributed by atoms with Crippen LogP contribution in [0.15, 0.2) is 24.3 Å². The highest BCUT2D eigenvalue weighted by Gasteiger charge is 2.24. The van der Waals surface area contributed by atoms with Gasteiger partial charge >= 0.3 is 5.97 Å². The lowest BCUT2D eigenvalue weighted by Crippen LogP contribution is -2.42. The molecule has 0 spiro atoms. The second-order valence-corrected chi connectivity index (χ2v) is 5.77. The van der Waals surface area contributed by atoms with Crippen LogP contribution in [0.25, 0.3) is 0 Å². The van der Waals surface area contributed by atoms with Gasteiger partial charge in [-0.3, -0.25) is 4.79 Å². The van der Waals surface area contributed by atoms with Crippen LogP contribution in [0.4, 0.5) is 4.39 Å². The zero-order valence-electron chi connectivity index (χ0n) is 13.8. The molecule has 3 N–H and O–H groups in total. The van der Waals surface area contributed by atoms with Crippen molar-refractivity contribution in [3.8, 4) is 0 Å². The lowest BCUT2D eigenvalue weighted by Gasteiger charge is -2.21. The Hall–Kier alpha value is -1.95. The van der Waals surface area contributed by atoms with Crippen molar-refractivity contribution < 1.29 is 18.7 Å². The van der Waals surface area contributed by atoms with Crippen molar-refractivity contribution in [2.45, 2.75) is 51.7 Å². The molecular weight excluding hydrogens is 299 g/mol. The topological polar surface area (TPSA) is 81.4 Å². The van der Waals surface area contributed by atoms with Crippen molar-refractivity contribution in [3.05, 3.63) is 35.6 Å². The molecule has 0 saturated carbocycles.